The van der Waals surface area contributed by atoms with E-state index < -0.39 is 37.3 Å². The molecule has 17 heavy (non-hydrogen) atoms. The smallest absolute Gasteiger partial charge is 0.186 e. The maximum Gasteiger partial charge on any atom is 0.186 e. The van der Waals surface area contributed by atoms with Crippen molar-refractivity contribution >= 4 is 0 Å². The summed E-state index contributed by atoms with van der Waals surface area (Å²) in [5.74, 6) is 0. The van der Waals surface area contributed by atoms with Crippen molar-refractivity contribution in [2.24, 2.45) is 0 Å². The molecule has 98 valence electrons. The Morgan fingerprint density at radius 1 is 0.941 bits per heavy atom. The molecule has 1 aliphatic rings. The van der Waals surface area contributed by atoms with Crippen molar-refractivity contribution in [1.82, 2.24) is 0 Å². The molecular formula is C7H14O6V4. The minimum atomic E-state index is -1.36. The SMILES string of the molecule is COC1OC(CO)C(O)C(O)C1O.[V].[V].[V].[V]. The first-order valence-electron chi connectivity index (χ1n) is 3.95. The van der Waals surface area contributed by atoms with Crippen molar-refractivity contribution in [2.75, 3.05) is 13.7 Å². The van der Waals surface area contributed by atoms with Crippen LogP contribution in [0.15, 0.2) is 0 Å². The fourth-order valence-corrected chi connectivity index (χ4v) is 1.26. The van der Waals surface area contributed by atoms with Crippen molar-refractivity contribution in [3.8, 4) is 0 Å². The van der Waals surface area contributed by atoms with E-state index in [2.05, 4.69) is 0 Å². The second kappa shape index (κ2) is 13.1. The van der Waals surface area contributed by atoms with Crippen molar-refractivity contribution in [1.29, 1.82) is 0 Å². The van der Waals surface area contributed by atoms with E-state index >= 15 is 0 Å². The molecule has 1 heterocycles. The number of aliphatic hydroxyl groups is 4. The average Bonchev–Trinajstić information content (AvgIpc) is 2.15. The van der Waals surface area contributed by atoms with Gasteiger partial charge in [-0.15, -0.1) is 0 Å². The molecule has 10 heteroatoms. The summed E-state index contributed by atoms with van der Waals surface area (Å²) in [4.78, 5) is 0. The summed E-state index contributed by atoms with van der Waals surface area (Å²) in [6.07, 6.45) is -5.91. The number of methoxy groups -OCH3 is 1. The molecule has 1 fully saturated rings. The quantitative estimate of drug-likeness (QED) is 0.408. The second-order valence-electron chi connectivity index (χ2n) is 2.93. The molecule has 4 radical (unpaired) electrons. The van der Waals surface area contributed by atoms with Gasteiger partial charge in [-0.1, -0.05) is 0 Å². The molecule has 0 saturated carbocycles. The van der Waals surface area contributed by atoms with E-state index in [1.165, 1.54) is 7.11 Å². The van der Waals surface area contributed by atoms with Crippen LogP contribution in [0.5, 0.6) is 0 Å². The minimum Gasteiger partial charge on any atom is -0.394 e. The van der Waals surface area contributed by atoms with Gasteiger partial charge in [0.15, 0.2) is 6.29 Å². The van der Waals surface area contributed by atoms with Gasteiger partial charge in [0.2, 0.25) is 0 Å². The van der Waals surface area contributed by atoms with Crippen LogP contribution in [0.3, 0.4) is 0 Å². The topological polar surface area (TPSA) is 99.4 Å². The van der Waals surface area contributed by atoms with Crippen LogP contribution in [0.25, 0.3) is 0 Å². The van der Waals surface area contributed by atoms with Crippen molar-refractivity contribution < 1.29 is 104 Å². The number of hydrogen-bond acceptors (Lipinski definition) is 6. The molecule has 0 aromatic heterocycles. The van der Waals surface area contributed by atoms with Gasteiger partial charge in [0.1, 0.15) is 24.4 Å². The third-order valence-electron chi connectivity index (χ3n) is 2.08. The van der Waals surface area contributed by atoms with E-state index in [9.17, 15) is 15.3 Å². The molecular weight excluding hydrogens is 384 g/mol. The fraction of sp³-hybridized carbons (Fsp3) is 1.00. The van der Waals surface area contributed by atoms with E-state index in [0.29, 0.717) is 0 Å². The summed E-state index contributed by atoms with van der Waals surface area (Å²) in [6, 6.07) is 0. The van der Waals surface area contributed by atoms with Gasteiger partial charge in [-0.3, -0.25) is 0 Å². The summed E-state index contributed by atoms with van der Waals surface area (Å²) in [5.41, 5.74) is 0. The molecule has 6 nitrogen and oxygen atoms in total. The van der Waals surface area contributed by atoms with Crippen LogP contribution in [0.1, 0.15) is 0 Å². The molecule has 4 N–H and O–H groups in total. The largest absolute Gasteiger partial charge is 0.394 e. The van der Waals surface area contributed by atoms with Gasteiger partial charge >= 0.3 is 0 Å². The molecule has 0 aliphatic carbocycles. The first-order valence-corrected chi connectivity index (χ1v) is 3.95. The van der Waals surface area contributed by atoms with E-state index in [-0.39, 0.29) is 74.2 Å². The molecule has 0 amide bonds. The van der Waals surface area contributed by atoms with Crippen LogP contribution in [0.2, 0.25) is 0 Å². The Hall–Kier alpha value is 2.10. The van der Waals surface area contributed by atoms with Crippen LogP contribution in [0, 0.1) is 0 Å². The first-order chi connectivity index (χ1) is 6.11. The van der Waals surface area contributed by atoms with Crippen LogP contribution >= 0.6 is 0 Å². The zero-order valence-corrected chi connectivity index (χ0v) is 14.6. The molecule has 5 unspecified atom stereocenters. The predicted octanol–water partition coefficient (Wildman–Crippen LogP) is -2.58. The molecule has 0 aromatic rings. The van der Waals surface area contributed by atoms with Gasteiger partial charge in [0.05, 0.1) is 6.61 Å². The Balaban J connectivity index is -0.000000211. The first kappa shape index (κ1) is 27.4. The van der Waals surface area contributed by atoms with E-state index in [1.54, 1.807) is 0 Å². The van der Waals surface area contributed by atoms with Gasteiger partial charge in [-0.2, -0.15) is 0 Å². The molecule has 0 aromatic carbocycles. The Kier molecular flexibility index (Phi) is 21.1. The molecule has 1 rings (SSSR count). The van der Waals surface area contributed by atoms with Gasteiger partial charge in [-0.05, 0) is 0 Å². The van der Waals surface area contributed by atoms with Crippen LogP contribution in [-0.2, 0) is 83.7 Å². The van der Waals surface area contributed by atoms with Crippen molar-refractivity contribution in [3.63, 3.8) is 0 Å². The maximum atomic E-state index is 9.28. The summed E-state index contributed by atoms with van der Waals surface area (Å²) < 4.78 is 9.65. The zero-order chi connectivity index (χ0) is 10.0. The van der Waals surface area contributed by atoms with Gasteiger partial charge in [0.25, 0.3) is 0 Å². The van der Waals surface area contributed by atoms with Gasteiger partial charge in [-0.25, -0.2) is 0 Å². The Labute approximate surface area is 147 Å². The van der Waals surface area contributed by atoms with Crippen LogP contribution in [0.4, 0.5) is 0 Å². The monoisotopic (exact) mass is 398 g/mol. The molecule has 0 bridgehead atoms. The number of rotatable bonds is 2. The Morgan fingerprint density at radius 3 is 1.76 bits per heavy atom. The van der Waals surface area contributed by atoms with E-state index in [0.717, 1.165) is 0 Å². The normalized spacial score (nSPS) is 35.5. The zero-order valence-electron chi connectivity index (χ0n) is 8.99. The van der Waals surface area contributed by atoms with Gasteiger partial charge in [0, 0.05) is 81.3 Å². The summed E-state index contributed by atoms with van der Waals surface area (Å²) in [5, 5.41) is 36.6. The van der Waals surface area contributed by atoms with Crippen molar-refractivity contribution in [3.05, 3.63) is 0 Å². The number of ether oxygens (including phenoxy) is 2. The fourth-order valence-electron chi connectivity index (χ4n) is 1.26. The van der Waals surface area contributed by atoms with E-state index in [1.807, 2.05) is 0 Å². The predicted molar refractivity (Wildman–Crippen MR) is 40.8 cm³/mol. The van der Waals surface area contributed by atoms with Gasteiger partial charge < -0.3 is 29.9 Å². The van der Waals surface area contributed by atoms with Crippen molar-refractivity contribution in [2.45, 2.75) is 30.7 Å². The summed E-state index contributed by atoms with van der Waals surface area (Å²) in [7, 11) is 1.30. The number of aliphatic hydroxyl groups excluding tert-OH is 4. The third-order valence-corrected chi connectivity index (χ3v) is 2.08. The third kappa shape index (κ3) is 6.89. The standard InChI is InChI=1S/C7H14O6.4V/c1-12-7-6(11)5(10)4(9)3(2-8)13-7;;;;/h3-11H,2H2,1H3;;;;. The second-order valence-corrected chi connectivity index (χ2v) is 2.93. The molecule has 0 spiro atoms. The molecule has 1 aliphatic heterocycles. The average molecular weight is 398 g/mol. The van der Waals surface area contributed by atoms with E-state index in [4.69, 9.17) is 14.6 Å². The number of hydrogen-bond donors (Lipinski definition) is 4. The Bertz CT molecular complexity index is 156. The summed E-state index contributed by atoms with van der Waals surface area (Å²) in [6.45, 7) is -0.440. The van der Waals surface area contributed by atoms with Crippen LogP contribution < -0.4 is 0 Å². The Morgan fingerprint density at radius 2 is 1.41 bits per heavy atom. The molecule has 5 atom stereocenters. The minimum absolute atomic E-state index is 0. The molecule has 1 saturated heterocycles. The summed E-state index contributed by atoms with van der Waals surface area (Å²) >= 11 is 0. The maximum absolute atomic E-state index is 9.28. The van der Waals surface area contributed by atoms with Crippen LogP contribution in [-0.4, -0.2) is 64.8 Å².